The fraction of sp³-hybridized carbons (Fsp3) is 0.208. The Morgan fingerprint density at radius 1 is 1.00 bits per heavy atom. The molecule has 2 N–H and O–H groups in total. The first-order valence-electron chi connectivity index (χ1n) is 9.88. The number of likely N-dealkylation sites (N-methyl/N-ethyl adjacent to an activating group) is 1. The molecule has 0 radical (unpaired) electrons. The highest BCUT2D eigenvalue weighted by atomic mass is 16.5. The number of aromatic nitrogens is 1. The van der Waals surface area contributed by atoms with E-state index in [0.29, 0.717) is 30.2 Å². The minimum Gasteiger partial charge on any atom is -0.465 e. The number of methoxy groups -OCH3 is 1. The summed E-state index contributed by atoms with van der Waals surface area (Å²) in [6.45, 7) is 0.829. The van der Waals surface area contributed by atoms with Crippen molar-refractivity contribution in [3.63, 3.8) is 0 Å². The van der Waals surface area contributed by atoms with E-state index < -0.39 is 0 Å². The van der Waals surface area contributed by atoms with E-state index in [-0.39, 0.29) is 11.9 Å². The van der Waals surface area contributed by atoms with E-state index in [2.05, 4.69) is 15.6 Å². The number of nitrogens with zero attached hydrogens (tertiary/aromatic N) is 2. The average Bonchev–Trinajstić information content (AvgIpc) is 2.78. The summed E-state index contributed by atoms with van der Waals surface area (Å²) < 4.78 is 4.88. The highest BCUT2D eigenvalue weighted by molar-refractivity contribution is 5.97. The number of hydrogen-bond donors (Lipinski definition) is 2. The third-order valence-electron chi connectivity index (χ3n) is 4.60. The summed E-state index contributed by atoms with van der Waals surface area (Å²) in [5, 5.41) is 6.15. The van der Waals surface area contributed by atoms with E-state index in [1.54, 1.807) is 23.2 Å². The van der Waals surface area contributed by atoms with Gasteiger partial charge in [-0.1, -0.05) is 42.5 Å². The number of ether oxygens (including phenoxy) is 1. The molecule has 3 aromatic rings. The van der Waals surface area contributed by atoms with Gasteiger partial charge in [0.25, 0.3) is 0 Å². The summed E-state index contributed by atoms with van der Waals surface area (Å²) in [6, 6.07) is 18.9. The second-order valence-electron chi connectivity index (χ2n) is 7.27. The van der Waals surface area contributed by atoms with Gasteiger partial charge in [0.2, 0.25) is 5.91 Å². The Bertz CT molecular complexity index is 1050. The third-order valence-corrected chi connectivity index (χ3v) is 4.60. The van der Waals surface area contributed by atoms with Crippen molar-refractivity contribution in [3.8, 4) is 11.1 Å². The van der Waals surface area contributed by atoms with Crippen LogP contribution in [-0.4, -0.2) is 49.5 Å². The molecule has 7 nitrogen and oxygen atoms in total. The Morgan fingerprint density at radius 2 is 1.74 bits per heavy atom. The number of carbonyl (C=O) groups is 2. The molecule has 31 heavy (non-hydrogen) atoms. The van der Waals surface area contributed by atoms with Crippen molar-refractivity contribution in [2.24, 2.45) is 0 Å². The maximum Gasteiger partial charge on any atom is 0.338 e. The molecule has 3 rings (SSSR count). The van der Waals surface area contributed by atoms with Crippen LogP contribution in [0.15, 0.2) is 66.9 Å². The summed E-state index contributed by atoms with van der Waals surface area (Å²) in [5.41, 5.74) is 3.96. The van der Waals surface area contributed by atoms with Gasteiger partial charge in [-0.25, -0.2) is 9.78 Å². The minimum atomic E-state index is -0.361. The number of nitrogens with one attached hydrogen (secondary N) is 2. The van der Waals surface area contributed by atoms with Crippen molar-refractivity contribution in [2.45, 2.75) is 6.54 Å². The van der Waals surface area contributed by atoms with Crippen molar-refractivity contribution in [3.05, 3.63) is 78.0 Å². The number of hydrogen-bond acceptors (Lipinski definition) is 6. The fourth-order valence-electron chi connectivity index (χ4n) is 3.13. The molecule has 0 spiro atoms. The zero-order valence-electron chi connectivity index (χ0n) is 17.9. The Morgan fingerprint density at radius 3 is 2.45 bits per heavy atom. The highest BCUT2D eigenvalue weighted by Crippen LogP contribution is 2.25. The zero-order chi connectivity index (χ0) is 22.2. The van der Waals surface area contributed by atoms with Crippen LogP contribution >= 0.6 is 0 Å². The summed E-state index contributed by atoms with van der Waals surface area (Å²) in [4.78, 5) is 30.3. The quantitative estimate of drug-likeness (QED) is 0.544. The second kappa shape index (κ2) is 10.4. The first-order valence-corrected chi connectivity index (χ1v) is 9.88. The van der Waals surface area contributed by atoms with Gasteiger partial charge in [0, 0.05) is 12.7 Å². The van der Waals surface area contributed by atoms with E-state index in [4.69, 9.17) is 4.74 Å². The topological polar surface area (TPSA) is 83.6 Å². The van der Waals surface area contributed by atoms with Gasteiger partial charge in [-0.15, -0.1) is 0 Å². The SMILES string of the molecule is COC(=O)c1ccccc1-c1ccc(CNc2ncccc2NC(=O)CN(C)C)cc1. The molecule has 1 heterocycles. The van der Waals surface area contributed by atoms with Gasteiger partial charge in [0.15, 0.2) is 0 Å². The van der Waals surface area contributed by atoms with Crippen molar-refractivity contribution in [1.29, 1.82) is 0 Å². The van der Waals surface area contributed by atoms with Crippen LogP contribution in [0.4, 0.5) is 11.5 Å². The van der Waals surface area contributed by atoms with Gasteiger partial charge in [-0.05, 0) is 49.0 Å². The maximum atomic E-state index is 12.1. The summed E-state index contributed by atoms with van der Waals surface area (Å²) in [5.74, 6) is 0.143. The molecule has 0 atom stereocenters. The molecule has 0 aliphatic rings. The maximum absolute atomic E-state index is 12.1. The molecule has 0 fully saturated rings. The smallest absolute Gasteiger partial charge is 0.338 e. The minimum absolute atomic E-state index is 0.102. The van der Waals surface area contributed by atoms with Crippen LogP contribution < -0.4 is 10.6 Å². The number of anilines is 2. The summed E-state index contributed by atoms with van der Waals surface area (Å²) in [6.07, 6.45) is 1.68. The van der Waals surface area contributed by atoms with Crippen molar-refractivity contribution < 1.29 is 14.3 Å². The third kappa shape index (κ3) is 5.90. The van der Waals surface area contributed by atoms with E-state index >= 15 is 0 Å². The Hall–Kier alpha value is -3.71. The second-order valence-corrected chi connectivity index (χ2v) is 7.27. The van der Waals surface area contributed by atoms with Gasteiger partial charge >= 0.3 is 5.97 Å². The van der Waals surface area contributed by atoms with Gasteiger partial charge in [-0.2, -0.15) is 0 Å². The highest BCUT2D eigenvalue weighted by Gasteiger charge is 2.12. The van der Waals surface area contributed by atoms with E-state index in [0.717, 1.165) is 16.7 Å². The predicted molar refractivity (Wildman–Crippen MR) is 122 cm³/mol. The predicted octanol–water partition coefficient (Wildman–Crippen LogP) is 3.65. The summed E-state index contributed by atoms with van der Waals surface area (Å²) >= 11 is 0. The first kappa shape index (κ1) is 22.0. The van der Waals surface area contributed by atoms with Crippen LogP contribution in [0, 0.1) is 0 Å². The zero-order valence-corrected chi connectivity index (χ0v) is 17.9. The van der Waals surface area contributed by atoms with E-state index in [1.165, 1.54) is 7.11 Å². The fourth-order valence-corrected chi connectivity index (χ4v) is 3.13. The average molecular weight is 418 g/mol. The van der Waals surface area contributed by atoms with E-state index in [1.807, 2.05) is 62.6 Å². The lowest BCUT2D eigenvalue weighted by molar-refractivity contribution is -0.116. The molecule has 7 heteroatoms. The molecule has 1 aromatic heterocycles. The monoisotopic (exact) mass is 418 g/mol. The van der Waals surface area contributed by atoms with Crippen LogP contribution in [-0.2, 0) is 16.1 Å². The summed E-state index contributed by atoms with van der Waals surface area (Å²) in [7, 11) is 5.06. The first-order chi connectivity index (χ1) is 15.0. The number of rotatable bonds is 8. The standard InChI is InChI=1S/C24H26N4O3/c1-28(2)16-22(29)27-21-9-6-14-25-23(21)26-15-17-10-12-18(13-11-17)19-7-4-5-8-20(19)24(30)31-3/h4-14H,15-16H2,1-3H3,(H,25,26)(H,27,29). The van der Waals surface area contributed by atoms with Crippen molar-refractivity contribution in [2.75, 3.05) is 38.4 Å². The molecule has 0 saturated heterocycles. The van der Waals surface area contributed by atoms with Crippen LogP contribution in [0.5, 0.6) is 0 Å². The molecule has 160 valence electrons. The number of benzene rings is 2. The Balaban J connectivity index is 1.70. The molecule has 0 saturated carbocycles. The number of carbonyl (C=O) groups excluding carboxylic acids is 2. The van der Waals surface area contributed by atoms with Crippen molar-refractivity contribution in [1.82, 2.24) is 9.88 Å². The molecule has 0 aliphatic carbocycles. The number of amides is 1. The molecule has 2 aromatic carbocycles. The number of esters is 1. The van der Waals surface area contributed by atoms with E-state index in [9.17, 15) is 9.59 Å². The molecule has 0 unspecified atom stereocenters. The largest absolute Gasteiger partial charge is 0.465 e. The van der Waals surface area contributed by atoms with Gasteiger partial charge < -0.3 is 20.3 Å². The van der Waals surface area contributed by atoms with Crippen LogP contribution in [0.25, 0.3) is 11.1 Å². The molecule has 1 amide bonds. The lowest BCUT2D eigenvalue weighted by Gasteiger charge is -2.14. The Kier molecular flexibility index (Phi) is 7.35. The van der Waals surface area contributed by atoms with Crippen LogP contribution in [0.3, 0.4) is 0 Å². The molecular formula is C24H26N4O3. The van der Waals surface area contributed by atoms with Crippen LogP contribution in [0.1, 0.15) is 15.9 Å². The van der Waals surface area contributed by atoms with Gasteiger partial charge in [-0.3, -0.25) is 4.79 Å². The number of pyridine rings is 1. The van der Waals surface area contributed by atoms with Gasteiger partial charge in [0.05, 0.1) is 24.9 Å². The Labute approximate surface area is 182 Å². The molecule has 0 bridgehead atoms. The molecule has 0 aliphatic heterocycles. The molecular weight excluding hydrogens is 392 g/mol. The van der Waals surface area contributed by atoms with Crippen LogP contribution in [0.2, 0.25) is 0 Å². The lowest BCUT2D eigenvalue weighted by Crippen LogP contribution is -2.27. The lowest BCUT2D eigenvalue weighted by atomic mass is 9.99. The van der Waals surface area contributed by atoms with Gasteiger partial charge in [0.1, 0.15) is 5.82 Å². The normalized spacial score (nSPS) is 10.6. The van der Waals surface area contributed by atoms with Crippen molar-refractivity contribution >= 4 is 23.4 Å².